The predicted octanol–water partition coefficient (Wildman–Crippen LogP) is -0.608. The van der Waals surface area contributed by atoms with Crippen LogP contribution in [0.2, 0.25) is 0 Å². The molecule has 17 heavy (non-hydrogen) atoms. The second-order valence-electron chi connectivity index (χ2n) is 3.56. The Morgan fingerprint density at radius 1 is 1.35 bits per heavy atom. The summed E-state index contributed by atoms with van der Waals surface area (Å²) in [5.41, 5.74) is 11.8. The van der Waals surface area contributed by atoms with E-state index in [1.54, 1.807) is 0 Å². The minimum Gasteiger partial charge on any atom is -0.399 e. The SMILES string of the molecule is CS(C)(=O)=O.NC1=NC2=NC=NC2C(N)=C1Br. The molecule has 0 saturated carbocycles. The Hall–Kier alpha value is -1.22. The van der Waals surface area contributed by atoms with Crippen LogP contribution in [0.25, 0.3) is 0 Å². The summed E-state index contributed by atoms with van der Waals surface area (Å²) in [6.45, 7) is 0. The first kappa shape index (κ1) is 13.8. The highest BCUT2D eigenvalue weighted by atomic mass is 79.9. The van der Waals surface area contributed by atoms with Crippen LogP contribution < -0.4 is 11.5 Å². The maximum Gasteiger partial charge on any atom is 0.163 e. The van der Waals surface area contributed by atoms with Gasteiger partial charge in [0, 0.05) is 12.5 Å². The van der Waals surface area contributed by atoms with Gasteiger partial charge in [-0.15, -0.1) is 0 Å². The first-order chi connectivity index (χ1) is 7.70. The van der Waals surface area contributed by atoms with E-state index in [1.807, 2.05) is 0 Å². The van der Waals surface area contributed by atoms with Crippen molar-refractivity contribution in [1.82, 2.24) is 0 Å². The van der Waals surface area contributed by atoms with Gasteiger partial charge in [0.1, 0.15) is 22.0 Å². The second-order valence-corrected chi connectivity index (χ2v) is 6.64. The highest BCUT2D eigenvalue weighted by Gasteiger charge is 2.28. The standard InChI is InChI=1S/C6H6BrN5.C2H6O2S/c7-2-3(8)4-6(11-1-10-4)12-5(2)9;1-5(2,3)4/h1,4H,8H2,(H2,9,10,11,12);1-2H3. The smallest absolute Gasteiger partial charge is 0.163 e. The van der Waals surface area contributed by atoms with Crippen molar-refractivity contribution in [2.75, 3.05) is 12.5 Å². The molecular formula is C8H12BrN5O2S. The molecule has 2 heterocycles. The number of nitrogens with zero attached hydrogens (tertiary/aromatic N) is 3. The van der Waals surface area contributed by atoms with E-state index in [0.29, 0.717) is 21.9 Å². The summed E-state index contributed by atoms with van der Waals surface area (Å²) < 4.78 is 19.9. The summed E-state index contributed by atoms with van der Waals surface area (Å²) in [5, 5.41) is 0. The van der Waals surface area contributed by atoms with Crippen molar-refractivity contribution < 1.29 is 8.42 Å². The van der Waals surface area contributed by atoms with E-state index in [-0.39, 0.29) is 6.04 Å². The molecule has 2 rings (SSSR count). The van der Waals surface area contributed by atoms with Crippen molar-refractivity contribution in [2.24, 2.45) is 26.4 Å². The molecule has 94 valence electrons. The molecule has 2 aliphatic heterocycles. The van der Waals surface area contributed by atoms with E-state index < -0.39 is 9.84 Å². The summed E-state index contributed by atoms with van der Waals surface area (Å²) in [4.78, 5) is 11.9. The third-order valence-electron chi connectivity index (χ3n) is 1.66. The van der Waals surface area contributed by atoms with Gasteiger partial charge in [0.05, 0.1) is 10.2 Å². The molecule has 0 radical (unpaired) electrons. The summed E-state index contributed by atoms with van der Waals surface area (Å²) in [5.74, 6) is 0.918. The molecule has 0 fully saturated rings. The molecule has 9 heteroatoms. The summed E-state index contributed by atoms with van der Waals surface area (Å²) in [6, 6.07) is -0.244. The Balaban J connectivity index is 0.000000249. The Morgan fingerprint density at radius 2 is 1.88 bits per heavy atom. The van der Waals surface area contributed by atoms with Crippen molar-refractivity contribution in [2.45, 2.75) is 6.04 Å². The van der Waals surface area contributed by atoms with Gasteiger partial charge < -0.3 is 11.5 Å². The minimum absolute atomic E-state index is 0.244. The number of hydrogen-bond donors (Lipinski definition) is 2. The topological polar surface area (TPSA) is 123 Å². The molecule has 4 N–H and O–H groups in total. The van der Waals surface area contributed by atoms with Crippen LogP contribution >= 0.6 is 15.9 Å². The molecular weight excluding hydrogens is 310 g/mol. The molecule has 7 nitrogen and oxygen atoms in total. The fourth-order valence-electron chi connectivity index (χ4n) is 1.05. The van der Waals surface area contributed by atoms with Crippen LogP contribution in [0.1, 0.15) is 0 Å². The van der Waals surface area contributed by atoms with Crippen LogP contribution in [0.3, 0.4) is 0 Å². The fraction of sp³-hybridized carbons (Fsp3) is 0.375. The van der Waals surface area contributed by atoms with Crippen molar-refractivity contribution in [3.63, 3.8) is 0 Å². The lowest BCUT2D eigenvalue weighted by molar-refractivity contribution is 0.607. The van der Waals surface area contributed by atoms with E-state index in [4.69, 9.17) is 11.5 Å². The number of hydrogen-bond acceptors (Lipinski definition) is 7. The number of amidine groups is 2. The molecule has 0 aromatic rings. The highest BCUT2D eigenvalue weighted by Crippen LogP contribution is 2.21. The third kappa shape index (κ3) is 3.93. The lowest BCUT2D eigenvalue weighted by Crippen LogP contribution is -2.32. The maximum atomic E-state index is 9.63. The van der Waals surface area contributed by atoms with E-state index in [0.717, 1.165) is 12.5 Å². The fourth-order valence-corrected chi connectivity index (χ4v) is 1.35. The zero-order valence-corrected chi connectivity index (χ0v) is 11.7. The van der Waals surface area contributed by atoms with Crippen LogP contribution in [-0.2, 0) is 9.84 Å². The minimum atomic E-state index is -2.67. The highest BCUT2D eigenvalue weighted by molar-refractivity contribution is 9.12. The van der Waals surface area contributed by atoms with Crippen molar-refractivity contribution in [3.8, 4) is 0 Å². The van der Waals surface area contributed by atoms with Gasteiger partial charge in [-0.2, -0.15) is 0 Å². The summed E-state index contributed by atoms with van der Waals surface area (Å²) >= 11 is 3.23. The number of dihydropyridines is 1. The first-order valence-corrected chi connectivity index (χ1v) is 7.53. The number of aliphatic imine (C=N–C) groups is 3. The van der Waals surface area contributed by atoms with E-state index in [9.17, 15) is 8.42 Å². The van der Waals surface area contributed by atoms with E-state index in [2.05, 4.69) is 30.9 Å². The molecule has 0 aromatic heterocycles. The quantitative estimate of drug-likeness (QED) is 0.617. The molecule has 1 unspecified atom stereocenters. The predicted molar refractivity (Wildman–Crippen MR) is 72.2 cm³/mol. The number of nitrogens with two attached hydrogens (primary N) is 2. The molecule has 2 aliphatic rings. The maximum absolute atomic E-state index is 9.63. The van der Waals surface area contributed by atoms with Crippen LogP contribution in [0.5, 0.6) is 0 Å². The van der Waals surface area contributed by atoms with Gasteiger partial charge in [0.15, 0.2) is 11.9 Å². The van der Waals surface area contributed by atoms with Crippen LogP contribution in [0.15, 0.2) is 25.2 Å². The lowest BCUT2D eigenvalue weighted by Gasteiger charge is -2.15. The second kappa shape index (κ2) is 4.96. The largest absolute Gasteiger partial charge is 0.399 e. The average Bonchev–Trinajstić information content (AvgIpc) is 2.59. The lowest BCUT2D eigenvalue weighted by atomic mass is 10.1. The summed E-state index contributed by atoms with van der Waals surface area (Å²) in [6.07, 6.45) is 3.76. The summed E-state index contributed by atoms with van der Waals surface area (Å²) in [7, 11) is -2.67. The van der Waals surface area contributed by atoms with Crippen LogP contribution in [-0.4, -0.2) is 45.0 Å². The molecule has 0 saturated heterocycles. The first-order valence-electron chi connectivity index (χ1n) is 4.44. The van der Waals surface area contributed by atoms with Gasteiger partial charge in [-0.1, -0.05) is 0 Å². The molecule has 0 spiro atoms. The average molecular weight is 322 g/mol. The van der Waals surface area contributed by atoms with Gasteiger partial charge in [0.2, 0.25) is 0 Å². The van der Waals surface area contributed by atoms with Gasteiger partial charge in [-0.05, 0) is 15.9 Å². The molecule has 0 aliphatic carbocycles. The zero-order chi connectivity index (χ0) is 13.2. The Morgan fingerprint density at radius 3 is 2.41 bits per heavy atom. The normalized spacial score (nSPS) is 22.4. The number of sulfone groups is 1. The van der Waals surface area contributed by atoms with Gasteiger partial charge in [-0.25, -0.2) is 18.4 Å². The molecule has 0 aromatic carbocycles. The number of rotatable bonds is 0. The van der Waals surface area contributed by atoms with Crippen LogP contribution in [0.4, 0.5) is 0 Å². The van der Waals surface area contributed by atoms with Gasteiger partial charge in [0.25, 0.3) is 0 Å². The Kier molecular flexibility index (Phi) is 4.04. The van der Waals surface area contributed by atoms with E-state index >= 15 is 0 Å². The Bertz CT molecular complexity index is 538. The zero-order valence-electron chi connectivity index (χ0n) is 9.25. The van der Waals surface area contributed by atoms with Gasteiger partial charge in [-0.3, -0.25) is 4.99 Å². The van der Waals surface area contributed by atoms with Crippen molar-refractivity contribution >= 4 is 43.8 Å². The Labute approximate surface area is 107 Å². The van der Waals surface area contributed by atoms with E-state index in [1.165, 1.54) is 6.34 Å². The van der Waals surface area contributed by atoms with Crippen molar-refractivity contribution in [3.05, 3.63) is 10.2 Å². The van der Waals surface area contributed by atoms with Crippen LogP contribution in [0, 0.1) is 0 Å². The molecule has 0 bridgehead atoms. The van der Waals surface area contributed by atoms with Crippen molar-refractivity contribution in [1.29, 1.82) is 0 Å². The molecule has 1 atom stereocenters. The van der Waals surface area contributed by atoms with Gasteiger partial charge >= 0.3 is 0 Å². The molecule has 0 amide bonds. The number of fused-ring (bicyclic) bond motifs is 1. The monoisotopic (exact) mass is 321 g/mol. The third-order valence-corrected chi connectivity index (χ3v) is 2.52. The number of halogens is 1.